The van der Waals surface area contributed by atoms with Gasteiger partial charge in [-0.05, 0) is 55.2 Å². The molecular formula is C22H24N2O4S. The highest BCUT2D eigenvalue weighted by Gasteiger charge is 2.41. The van der Waals surface area contributed by atoms with Gasteiger partial charge >= 0.3 is 12.2 Å². The number of hydrogen-bond donors (Lipinski definition) is 0. The van der Waals surface area contributed by atoms with Crippen molar-refractivity contribution < 1.29 is 19.1 Å². The summed E-state index contributed by atoms with van der Waals surface area (Å²) in [5, 5.41) is 0. The van der Waals surface area contributed by atoms with Gasteiger partial charge in [0.25, 0.3) is 0 Å². The summed E-state index contributed by atoms with van der Waals surface area (Å²) in [5.74, 6) is 0.966. The molecule has 0 saturated carbocycles. The number of carbonyl (C=O) groups is 2. The summed E-state index contributed by atoms with van der Waals surface area (Å²) in [6.07, 6.45) is 1.94. The van der Waals surface area contributed by atoms with E-state index in [1.54, 1.807) is 21.6 Å². The van der Waals surface area contributed by atoms with Gasteiger partial charge in [0.2, 0.25) is 0 Å². The topological polar surface area (TPSA) is 59.1 Å². The first kappa shape index (κ1) is 19.6. The Labute approximate surface area is 174 Å². The zero-order valence-electron chi connectivity index (χ0n) is 16.5. The van der Waals surface area contributed by atoms with E-state index in [0.717, 1.165) is 29.1 Å². The molecule has 2 aromatic rings. The van der Waals surface area contributed by atoms with E-state index in [9.17, 15) is 9.59 Å². The molecule has 3 atom stereocenters. The summed E-state index contributed by atoms with van der Waals surface area (Å²) >= 11 is 1.75. The Kier molecular flexibility index (Phi) is 5.67. The van der Waals surface area contributed by atoms with Crippen LogP contribution in [0.5, 0.6) is 0 Å². The van der Waals surface area contributed by atoms with Gasteiger partial charge in [0.05, 0.1) is 12.1 Å². The third kappa shape index (κ3) is 3.79. The lowest BCUT2D eigenvalue weighted by atomic mass is 10.0. The maximum atomic E-state index is 12.5. The van der Waals surface area contributed by atoms with Crippen molar-refractivity contribution in [1.29, 1.82) is 0 Å². The number of rotatable bonds is 6. The Bertz CT molecular complexity index is 874. The first-order chi connectivity index (χ1) is 14.1. The van der Waals surface area contributed by atoms with Crippen molar-refractivity contribution in [2.75, 3.05) is 28.4 Å². The maximum Gasteiger partial charge on any atom is 0.415 e. The van der Waals surface area contributed by atoms with Crippen molar-refractivity contribution >= 4 is 35.3 Å². The van der Waals surface area contributed by atoms with Crippen LogP contribution in [0, 0.1) is 0 Å². The second kappa shape index (κ2) is 8.37. The van der Waals surface area contributed by atoms with Gasteiger partial charge in [-0.3, -0.25) is 9.80 Å². The fraction of sp³-hybridized carbons (Fsp3) is 0.364. The lowest BCUT2D eigenvalue weighted by Crippen LogP contribution is -2.34. The number of cyclic esters (lactones) is 2. The highest BCUT2D eigenvalue weighted by atomic mass is 32.2. The number of ether oxygens (including phenoxy) is 2. The Hall–Kier alpha value is -2.67. The summed E-state index contributed by atoms with van der Waals surface area (Å²) < 4.78 is 10.9. The molecule has 2 heterocycles. The van der Waals surface area contributed by atoms with E-state index in [1.165, 1.54) is 0 Å². The van der Waals surface area contributed by atoms with Gasteiger partial charge in [-0.25, -0.2) is 9.59 Å². The summed E-state index contributed by atoms with van der Waals surface area (Å²) in [5.41, 5.74) is 2.50. The van der Waals surface area contributed by atoms with Gasteiger partial charge in [-0.15, -0.1) is 0 Å². The Morgan fingerprint density at radius 3 is 2.28 bits per heavy atom. The molecule has 0 radical (unpaired) electrons. The molecule has 0 spiro atoms. The van der Waals surface area contributed by atoms with E-state index < -0.39 is 0 Å². The molecule has 2 aromatic carbocycles. The van der Waals surface area contributed by atoms with Crippen molar-refractivity contribution in [3.8, 4) is 0 Å². The minimum Gasteiger partial charge on any atom is -0.447 e. The first-order valence-corrected chi connectivity index (χ1v) is 11.1. The van der Waals surface area contributed by atoms with Crippen LogP contribution in [0.25, 0.3) is 0 Å². The first-order valence-electron chi connectivity index (χ1n) is 9.70. The van der Waals surface area contributed by atoms with Gasteiger partial charge in [0, 0.05) is 11.4 Å². The predicted molar refractivity (Wildman–Crippen MR) is 115 cm³/mol. The van der Waals surface area contributed by atoms with Crippen molar-refractivity contribution in [2.24, 2.45) is 0 Å². The van der Waals surface area contributed by atoms with Crippen LogP contribution in [0.2, 0.25) is 0 Å². The largest absolute Gasteiger partial charge is 0.447 e. The Morgan fingerprint density at radius 1 is 0.966 bits per heavy atom. The minimum absolute atomic E-state index is 0.0407. The zero-order valence-corrected chi connectivity index (χ0v) is 17.3. The third-order valence-corrected chi connectivity index (χ3v) is 6.06. The van der Waals surface area contributed by atoms with Crippen LogP contribution < -0.4 is 9.80 Å². The molecule has 0 bridgehead atoms. The van der Waals surface area contributed by atoms with Crippen LogP contribution in [0.4, 0.5) is 21.0 Å². The lowest BCUT2D eigenvalue weighted by Gasteiger charge is -2.24. The smallest absolute Gasteiger partial charge is 0.415 e. The Morgan fingerprint density at radius 2 is 1.62 bits per heavy atom. The Balaban J connectivity index is 1.53. The molecule has 2 fully saturated rings. The average Bonchev–Trinajstić information content (AvgIpc) is 3.26. The fourth-order valence-corrected chi connectivity index (χ4v) is 4.42. The average molecular weight is 413 g/mol. The normalized spacial score (nSPS) is 24.0. The summed E-state index contributed by atoms with van der Waals surface area (Å²) in [6.45, 7) is 2.39. The van der Waals surface area contributed by atoms with Crippen LogP contribution in [0.1, 0.15) is 25.0 Å². The molecule has 3 unspecified atom stereocenters. The van der Waals surface area contributed by atoms with Crippen molar-refractivity contribution in [3.05, 3.63) is 60.2 Å². The van der Waals surface area contributed by atoms with Crippen LogP contribution in [-0.2, 0) is 9.47 Å². The molecule has 2 saturated heterocycles. The SMILES string of the molecule is CSCCC1COC(=O)N1c1ccc(N2C(=O)OC(c3ccccc3)C2C)cc1. The molecule has 2 amide bonds. The van der Waals surface area contributed by atoms with Gasteiger partial charge in [0.15, 0.2) is 0 Å². The van der Waals surface area contributed by atoms with Gasteiger partial charge in [-0.1, -0.05) is 30.3 Å². The number of anilines is 2. The highest BCUT2D eigenvalue weighted by Crippen LogP contribution is 2.36. The molecule has 2 aliphatic rings. The van der Waals surface area contributed by atoms with Crippen LogP contribution >= 0.6 is 11.8 Å². The number of amides is 2. The molecule has 0 aromatic heterocycles. The standard InChI is InChI=1S/C22H24N2O4S/c1-15-20(16-6-4-3-5-7-16)28-22(26)23(15)17-8-10-18(11-9-17)24-19(12-13-29-2)14-27-21(24)25/h3-11,15,19-20H,12-14H2,1-2H3. The number of carbonyl (C=O) groups excluding carboxylic acids is 2. The van der Waals surface area contributed by atoms with E-state index in [-0.39, 0.29) is 30.4 Å². The number of thioether (sulfide) groups is 1. The van der Waals surface area contributed by atoms with Crippen molar-refractivity contribution in [3.63, 3.8) is 0 Å². The van der Waals surface area contributed by atoms with E-state index >= 15 is 0 Å². The molecule has 29 heavy (non-hydrogen) atoms. The molecule has 0 N–H and O–H groups in total. The maximum absolute atomic E-state index is 12.5. The van der Waals surface area contributed by atoms with Crippen LogP contribution in [0.3, 0.4) is 0 Å². The number of hydrogen-bond acceptors (Lipinski definition) is 5. The molecular weight excluding hydrogens is 388 g/mol. The second-order valence-corrected chi connectivity index (χ2v) is 8.21. The van der Waals surface area contributed by atoms with Crippen molar-refractivity contribution in [2.45, 2.75) is 31.5 Å². The molecule has 7 heteroatoms. The van der Waals surface area contributed by atoms with Crippen LogP contribution in [0.15, 0.2) is 54.6 Å². The second-order valence-electron chi connectivity index (χ2n) is 7.22. The zero-order chi connectivity index (χ0) is 20.4. The molecule has 2 aliphatic heterocycles. The molecule has 6 nitrogen and oxygen atoms in total. The van der Waals surface area contributed by atoms with Gasteiger partial charge < -0.3 is 9.47 Å². The highest BCUT2D eigenvalue weighted by molar-refractivity contribution is 7.98. The quantitative estimate of drug-likeness (QED) is 0.679. The predicted octanol–water partition coefficient (Wildman–Crippen LogP) is 4.85. The molecule has 0 aliphatic carbocycles. The summed E-state index contributed by atoms with van der Waals surface area (Å²) in [6, 6.07) is 17.1. The van der Waals surface area contributed by atoms with E-state index in [2.05, 4.69) is 6.26 Å². The molecule has 4 rings (SSSR count). The van der Waals surface area contributed by atoms with E-state index in [4.69, 9.17) is 9.47 Å². The third-order valence-electron chi connectivity index (χ3n) is 5.42. The summed E-state index contributed by atoms with van der Waals surface area (Å²) in [7, 11) is 0. The number of benzene rings is 2. The van der Waals surface area contributed by atoms with E-state index in [0.29, 0.717) is 6.61 Å². The monoisotopic (exact) mass is 412 g/mol. The number of nitrogens with zero attached hydrogens (tertiary/aromatic N) is 2. The van der Waals surface area contributed by atoms with Gasteiger partial charge in [-0.2, -0.15) is 11.8 Å². The van der Waals surface area contributed by atoms with E-state index in [1.807, 2.05) is 61.5 Å². The lowest BCUT2D eigenvalue weighted by molar-refractivity contribution is 0.134. The minimum atomic E-state index is -0.363. The van der Waals surface area contributed by atoms with Crippen LogP contribution in [-0.4, -0.2) is 42.9 Å². The van der Waals surface area contributed by atoms with Crippen molar-refractivity contribution in [1.82, 2.24) is 0 Å². The fourth-order valence-electron chi connectivity index (χ4n) is 3.91. The molecule has 152 valence electrons. The summed E-state index contributed by atoms with van der Waals surface area (Å²) in [4.78, 5) is 28.1. The van der Waals surface area contributed by atoms with Gasteiger partial charge in [0.1, 0.15) is 12.7 Å².